The summed E-state index contributed by atoms with van der Waals surface area (Å²) in [7, 11) is 2.90. The number of hydrogen-bond donors (Lipinski definition) is 2. The molecule has 0 atom stereocenters. The molecule has 0 unspecified atom stereocenters. The van der Waals surface area contributed by atoms with Crippen molar-refractivity contribution in [3.8, 4) is 22.6 Å². The highest BCUT2D eigenvalue weighted by Crippen LogP contribution is 2.30. The van der Waals surface area contributed by atoms with Crippen LogP contribution in [0.4, 0.5) is 4.39 Å². The third-order valence-corrected chi connectivity index (χ3v) is 4.89. The number of halogens is 2. The molecule has 3 rings (SSSR count). The van der Waals surface area contributed by atoms with Gasteiger partial charge in [0, 0.05) is 17.1 Å². The Hall–Kier alpha value is -3.58. The fraction of sp³-hybridized carbons (Fsp3) is 0.130. The van der Waals surface area contributed by atoms with E-state index in [1.807, 2.05) is 0 Å². The van der Waals surface area contributed by atoms with Crippen molar-refractivity contribution in [3.05, 3.63) is 82.1 Å². The summed E-state index contributed by atoms with van der Waals surface area (Å²) in [5.74, 6) is -1.65. The normalized spacial score (nSPS) is 10.5. The largest absolute Gasteiger partial charge is 0.496 e. The summed E-state index contributed by atoms with van der Waals surface area (Å²) < 4.78 is 24.4. The van der Waals surface area contributed by atoms with Crippen LogP contribution in [-0.4, -0.2) is 31.2 Å². The molecule has 0 radical (unpaired) electrons. The van der Waals surface area contributed by atoms with Gasteiger partial charge >= 0.3 is 5.97 Å². The lowest BCUT2D eigenvalue weighted by Crippen LogP contribution is -2.24. The molecule has 31 heavy (non-hydrogen) atoms. The van der Waals surface area contributed by atoms with Crippen LogP contribution in [0, 0.1) is 5.82 Å². The number of carboxylic acids is 1. The van der Waals surface area contributed by atoms with E-state index in [-0.39, 0.29) is 28.4 Å². The van der Waals surface area contributed by atoms with Gasteiger partial charge in [0.05, 0.1) is 19.8 Å². The number of rotatable bonds is 7. The van der Waals surface area contributed by atoms with Crippen molar-refractivity contribution in [2.45, 2.75) is 6.54 Å². The minimum atomic E-state index is -1.11. The van der Waals surface area contributed by atoms with E-state index in [1.165, 1.54) is 32.4 Å². The predicted molar refractivity (Wildman–Crippen MR) is 115 cm³/mol. The fourth-order valence-electron chi connectivity index (χ4n) is 3.10. The average Bonchev–Trinajstić information content (AvgIpc) is 2.76. The highest BCUT2D eigenvalue weighted by atomic mass is 35.5. The molecule has 0 saturated heterocycles. The van der Waals surface area contributed by atoms with Crippen LogP contribution in [-0.2, 0) is 6.54 Å². The van der Waals surface area contributed by atoms with Crippen molar-refractivity contribution in [2.24, 2.45) is 0 Å². The van der Waals surface area contributed by atoms with Crippen molar-refractivity contribution >= 4 is 23.5 Å². The highest BCUT2D eigenvalue weighted by Gasteiger charge is 2.15. The van der Waals surface area contributed by atoms with Gasteiger partial charge in [-0.05, 0) is 53.6 Å². The lowest BCUT2D eigenvalue weighted by Gasteiger charge is -2.13. The first kappa shape index (κ1) is 22.1. The number of hydrogen-bond acceptors (Lipinski definition) is 4. The van der Waals surface area contributed by atoms with Gasteiger partial charge in [-0.15, -0.1) is 0 Å². The summed E-state index contributed by atoms with van der Waals surface area (Å²) in [6, 6.07) is 13.9. The second kappa shape index (κ2) is 9.49. The van der Waals surface area contributed by atoms with E-state index >= 15 is 0 Å². The smallest absolute Gasteiger partial charge is 0.339 e. The van der Waals surface area contributed by atoms with Gasteiger partial charge in [-0.2, -0.15) is 0 Å². The Kier molecular flexibility index (Phi) is 6.77. The number of benzene rings is 3. The summed E-state index contributed by atoms with van der Waals surface area (Å²) in [5, 5.41) is 12.3. The zero-order valence-electron chi connectivity index (χ0n) is 16.7. The maximum absolute atomic E-state index is 14.0. The van der Waals surface area contributed by atoms with Crippen LogP contribution in [0.3, 0.4) is 0 Å². The van der Waals surface area contributed by atoms with Gasteiger partial charge in [0.2, 0.25) is 0 Å². The molecule has 0 spiro atoms. The standard InChI is InChI=1S/C23H19ClFNO5/c1-30-20-7-3-13(14-4-8-21(31-2)18(10-14)23(28)29)9-15(20)12-26-22(27)17-6-5-16(24)11-19(17)25/h3-11H,12H2,1-2H3,(H,26,27)(H,28,29). The van der Waals surface area contributed by atoms with Crippen molar-refractivity contribution in [2.75, 3.05) is 14.2 Å². The Labute approximate surface area is 183 Å². The fourth-order valence-corrected chi connectivity index (χ4v) is 3.25. The number of amides is 1. The maximum atomic E-state index is 14.0. The molecule has 160 valence electrons. The number of ether oxygens (including phenoxy) is 2. The minimum absolute atomic E-state index is 0.0314. The number of aromatic carboxylic acids is 1. The van der Waals surface area contributed by atoms with Gasteiger partial charge in [0.15, 0.2) is 0 Å². The SMILES string of the molecule is COc1ccc(-c2ccc(OC)c(C(=O)O)c2)cc1CNC(=O)c1ccc(Cl)cc1F. The second-order valence-electron chi connectivity index (χ2n) is 6.55. The van der Waals surface area contributed by atoms with Crippen LogP contribution < -0.4 is 14.8 Å². The summed E-state index contributed by atoms with van der Waals surface area (Å²) in [6.45, 7) is 0.0693. The van der Waals surface area contributed by atoms with E-state index in [9.17, 15) is 19.1 Å². The van der Waals surface area contributed by atoms with E-state index < -0.39 is 17.7 Å². The van der Waals surface area contributed by atoms with Gasteiger partial charge in [0.25, 0.3) is 5.91 Å². The Balaban J connectivity index is 1.88. The zero-order chi connectivity index (χ0) is 22.5. The van der Waals surface area contributed by atoms with E-state index in [4.69, 9.17) is 21.1 Å². The lowest BCUT2D eigenvalue weighted by molar-refractivity contribution is 0.0693. The van der Waals surface area contributed by atoms with Crippen molar-refractivity contribution in [3.63, 3.8) is 0 Å². The topological polar surface area (TPSA) is 84.9 Å². The van der Waals surface area contributed by atoms with Gasteiger partial charge in [-0.1, -0.05) is 23.7 Å². The van der Waals surface area contributed by atoms with Crippen LogP contribution in [0.15, 0.2) is 54.6 Å². The summed E-state index contributed by atoms with van der Waals surface area (Å²) in [4.78, 5) is 23.9. The van der Waals surface area contributed by atoms with Gasteiger partial charge in [-0.3, -0.25) is 4.79 Å². The highest BCUT2D eigenvalue weighted by molar-refractivity contribution is 6.30. The first-order valence-corrected chi connectivity index (χ1v) is 9.53. The van der Waals surface area contributed by atoms with Crippen molar-refractivity contribution in [1.82, 2.24) is 5.32 Å². The Morgan fingerprint density at radius 2 is 1.58 bits per heavy atom. The quantitative estimate of drug-likeness (QED) is 0.548. The first-order valence-electron chi connectivity index (χ1n) is 9.16. The second-order valence-corrected chi connectivity index (χ2v) is 6.99. The number of nitrogens with one attached hydrogen (secondary N) is 1. The molecule has 0 bridgehead atoms. The van der Waals surface area contributed by atoms with Crippen LogP contribution in [0.5, 0.6) is 11.5 Å². The molecule has 3 aromatic carbocycles. The van der Waals surface area contributed by atoms with Crippen LogP contribution in [0.1, 0.15) is 26.3 Å². The van der Waals surface area contributed by atoms with E-state index in [0.717, 1.165) is 6.07 Å². The molecule has 0 aliphatic heterocycles. The van der Waals surface area contributed by atoms with Crippen LogP contribution in [0.25, 0.3) is 11.1 Å². The maximum Gasteiger partial charge on any atom is 0.339 e. The number of carboxylic acid groups (broad SMARTS) is 1. The van der Waals surface area contributed by atoms with E-state index in [2.05, 4.69) is 5.32 Å². The summed E-state index contributed by atoms with van der Waals surface area (Å²) >= 11 is 5.73. The van der Waals surface area contributed by atoms with Gasteiger partial charge in [0.1, 0.15) is 22.9 Å². The molecule has 0 aliphatic carbocycles. The molecule has 2 N–H and O–H groups in total. The molecule has 0 fully saturated rings. The molecular formula is C23H19ClFNO5. The molecule has 0 heterocycles. The molecular weight excluding hydrogens is 425 g/mol. The molecule has 0 aromatic heterocycles. The molecule has 1 amide bonds. The van der Waals surface area contributed by atoms with E-state index in [1.54, 1.807) is 30.3 Å². The third-order valence-electron chi connectivity index (χ3n) is 4.66. The Morgan fingerprint density at radius 3 is 2.19 bits per heavy atom. The predicted octanol–water partition coefficient (Wildman–Crippen LogP) is 4.79. The lowest BCUT2D eigenvalue weighted by atomic mass is 9.99. The average molecular weight is 444 g/mol. The summed E-state index contributed by atoms with van der Waals surface area (Å²) in [6.07, 6.45) is 0. The van der Waals surface area contributed by atoms with E-state index in [0.29, 0.717) is 22.4 Å². The van der Waals surface area contributed by atoms with Gasteiger partial charge in [-0.25, -0.2) is 9.18 Å². The third kappa shape index (κ3) is 4.95. The molecule has 3 aromatic rings. The Morgan fingerprint density at radius 1 is 0.935 bits per heavy atom. The number of carbonyl (C=O) groups is 2. The molecule has 0 saturated carbocycles. The molecule has 0 aliphatic rings. The first-order chi connectivity index (χ1) is 14.8. The van der Waals surface area contributed by atoms with Gasteiger partial charge < -0.3 is 19.9 Å². The van der Waals surface area contributed by atoms with Crippen LogP contribution in [0.2, 0.25) is 5.02 Å². The number of carbonyl (C=O) groups excluding carboxylic acids is 1. The minimum Gasteiger partial charge on any atom is -0.496 e. The van der Waals surface area contributed by atoms with Crippen molar-refractivity contribution < 1.29 is 28.6 Å². The molecule has 6 nitrogen and oxygen atoms in total. The number of methoxy groups -OCH3 is 2. The van der Waals surface area contributed by atoms with Crippen molar-refractivity contribution in [1.29, 1.82) is 0 Å². The molecule has 8 heteroatoms. The monoisotopic (exact) mass is 443 g/mol. The van der Waals surface area contributed by atoms with Crippen LogP contribution >= 0.6 is 11.6 Å². The Bertz CT molecular complexity index is 1150. The zero-order valence-corrected chi connectivity index (χ0v) is 17.5. The summed E-state index contributed by atoms with van der Waals surface area (Å²) in [5.41, 5.74) is 1.91.